The van der Waals surface area contributed by atoms with Crippen LogP contribution in [-0.4, -0.2) is 0 Å². The van der Waals surface area contributed by atoms with Gasteiger partial charge in [-0.1, -0.05) is 6.07 Å². The summed E-state index contributed by atoms with van der Waals surface area (Å²) in [6, 6.07) is 5.18. The molecule has 9 heavy (non-hydrogen) atoms. The van der Waals surface area contributed by atoms with Crippen LogP contribution in [0.15, 0.2) is 30.6 Å². The van der Waals surface area contributed by atoms with E-state index in [9.17, 15) is 5.21 Å². The van der Waals surface area contributed by atoms with Crippen molar-refractivity contribution in [3.8, 4) is 0 Å². The predicted octanol–water partition coefficient (Wildman–Crippen LogP) is 0.595. The van der Waals surface area contributed by atoms with Crippen LogP contribution >= 0.6 is 13.5 Å². The van der Waals surface area contributed by atoms with Crippen LogP contribution in [0.25, 0.3) is 0 Å². The Morgan fingerprint density at radius 1 is 1.00 bits per heavy atom. The molecule has 1 heterocycles. The van der Waals surface area contributed by atoms with Crippen molar-refractivity contribution in [1.29, 1.82) is 0 Å². The molecule has 1 aromatic rings. The molecule has 0 aliphatic carbocycles. The lowest BCUT2D eigenvalue weighted by Gasteiger charge is -1.88. The fourth-order valence-corrected chi connectivity index (χ4v) is 0.383. The summed E-state index contributed by atoms with van der Waals surface area (Å²) in [7, 11) is 0. The highest BCUT2D eigenvalue weighted by Gasteiger charge is 1.74. The molecule has 0 spiro atoms. The Labute approximate surface area is 60.9 Å². The minimum absolute atomic E-state index is 0. The minimum atomic E-state index is 0. The molecule has 0 radical (unpaired) electrons. The van der Waals surface area contributed by atoms with E-state index in [2.05, 4.69) is 0 Å². The van der Waals surface area contributed by atoms with Gasteiger partial charge in [-0.15, -0.1) is 0 Å². The Bertz CT molecular complexity index is 145. The number of aromatic nitrogens is 1. The second-order valence-electron chi connectivity index (χ2n) is 1.24. The van der Waals surface area contributed by atoms with E-state index in [1.165, 1.54) is 12.4 Å². The molecule has 0 fully saturated rings. The first-order valence-electron chi connectivity index (χ1n) is 2.03. The molecule has 0 amide bonds. The van der Waals surface area contributed by atoms with E-state index in [1.807, 2.05) is 0 Å². The van der Waals surface area contributed by atoms with E-state index >= 15 is 0 Å². The molecule has 0 aliphatic rings. The second-order valence-corrected chi connectivity index (χ2v) is 1.24. The number of hydrogen-bond acceptors (Lipinski definition) is 2. The van der Waals surface area contributed by atoms with Gasteiger partial charge in [0.2, 0.25) is 0 Å². The van der Waals surface area contributed by atoms with Crippen molar-refractivity contribution in [3.05, 3.63) is 35.8 Å². The predicted molar refractivity (Wildman–Crippen MR) is 40.8 cm³/mol. The first-order valence-corrected chi connectivity index (χ1v) is 2.03. The van der Waals surface area contributed by atoms with Crippen LogP contribution in [0.3, 0.4) is 0 Å². The standard InChI is InChI=1S/C5H5NO.H3N.H2S/c7-6-4-2-1-3-5-6;;/h1-5H;1H3;1H2. The summed E-state index contributed by atoms with van der Waals surface area (Å²) in [6.07, 6.45) is 2.89. The van der Waals surface area contributed by atoms with Gasteiger partial charge in [0.15, 0.2) is 12.4 Å². The van der Waals surface area contributed by atoms with Gasteiger partial charge in [0.25, 0.3) is 0 Å². The quantitative estimate of drug-likeness (QED) is 0.430. The van der Waals surface area contributed by atoms with E-state index in [4.69, 9.17) is 0 Å². The zero-order valence-corrected chi connectivity index (χ0v) is 5.95. The zero-order chi connectivity index (χ0) is 5.11. The first kappa shape index (κ1) is 11.1. The van der Waals surface area contributed by atoms with Gasteiger partial charge in [-0.2, -0.15) is 18.2 Å². The Morgan fingerprint density at radius 3 is 1.67 bits per heavy atom. The van der Waals surface area contributed by atoms with Crippen LogP contribution in [0, 0.1) is 5.21 Å². The van der Waals surface area contributed by atoms with E-state index in [0.29, 0.717) is 0 Å². The monoisotopic (exact) mass is 146 g/mol. The number of pyridine rings is 1. The molecule has 0 aromatic carbocycles. The summed E-state index contributed by atoms with van der Waals surface area (Å²) < 4.78 is 0.750. The third-order valence-electron chi connectivity index (χ3n) is 0.688. The molecule has 52 valence electrons. The van der Waals surface area contributed by atoms with Gasteiger partial charge in [-0.05, 0) is 0 Å². The Hall–Kier alpha value is -0.740. The van der Waals surface area contributed by atoms with E-state index < -0.39 is 0 Å². The Kier molecular flexibility index (Phi) is 6.66. The maximum absolute atomic E-state index is 10.2. The normalized spacial score (nSPS) is 6.67. The lowest BCUT2D eigenvalue weighted by atomic mass is 10.5. The van der Waals surface area contributed by atoms with E-state index in [-0.39, 0.29) is 19.6 Å². The van der Waals surface area contributed by atoms with Gasteiger partial charge in [0.05, 0.1) is 0 Å². The molecule has 1 rings (SSSR count). The SMILES string of the molecule is N.S.[O-][n+]1ccccc1. The molecule has 0 saturated carbocycles. The summed E-state index contributed by atoms with van der Waals surface area (Å²) in [5, 5.41) is 10.2. The third-order valence-corrected chi connectivity index (χ3v) is 0.688. The van der Waals surface area contributed by atoms with Crippen molar-refractivity contribution >= 4 is 13.5 Å². The topological polar surface area (TPSA) is 61.9 Å². The molecule has 0 aliphatic heterocycles. The summed E-state index contributed by atoms with van der Waals surface area (Å²) in [5.74, 6) is 0. The molecular formula is C5H10N2OS. The van der Waals surface area contributed by atoms with Gasteiger partial charge in [0, 0.05) is 12.1 Å². The third kappa shape index (κ3) is 3.81. The molecule has 0 atom stereocenters. The lowest BCUT2D eigenvalue weighted by molar-refractivity contribution is -0.605. The molecular weight excluding hydrogens is 136 g/mol. The molecule has 4 heteroatoms. The van der Waals surface area contributed by atoms with Crippen LogP contribution in [0.5, 0.6) is 0 Å². The summed E-state index contributed by atoms with van der Waals surface area (Å²) >= 11 is 0. The number of hydrogen-bond donors (Lipinski definition) is 1. The minimum Gasteiger partial charge on any atom is -0.619 e. The van der Waals surface area contributed by atoms with E-state index in [1.54, 1.807) is 18.2 Å². The van der Waals surface area contributed by atoms with Crippen LogP contribution in [0.1, 0.15) is 0 Å². The summed E-state index contributed by atoms with van der Waals surface area (Å²) in [4.78, 5) is 0. The second kappa shape index (κ2) is 5.40. The smallest absolute Gasteiger partial charge is 0.180 e. The van der Waals surface area contributed by atoms with Crippen LogP contribution in [0.4, 0.5) is 0 Å². The van der Waals surface area contributed by atoms with Crippen molar-refractivity contribution in [2.45, 2.75) is 0 Å². The fourth-order valence-electron chi connectivity index (χ4n) is 0.383. The van der Waals surface area contributed by atoms with Crippen LogP contribution in [0.2, 0.25) is 0 Å². The maximum Gasteiger partial charge on any atom is 0.180 e. The number of nitrogens with zero attached hydrogens (tertiary/aromatic N) is 1. The van der Waals surface area contributed by atoms with Crippen LogP contribution < -0.4 is 10.9 Å². The maximum atomic E-state index is 10.2. The number of rotatable bonds is 0. The average molecular weight is 146 g/mol. The molecule has 0 unspecified atom stereocenters. The van der Waals surface area contributed by atoms with Crippen LogP contribution in [-0.2, 0) is 0 Å². The van der Waals surface area contributed by atoms with Crippen molar-refractivity contribution < 1.29 is 4.73 Å². The fraction of sp³-hybridized carbons (Fsp3) is 0. The molecule has 1 aromatic heterocycles. The van der Waals surface area contributed by atoms with Crippen molar-refractivity contribution in [1.82, 2.24) is 6.15 Å². The zero-order valence-electron chi connectivity index (χ0n) is 4.95. The summed E-state index contributed by atoms with van der Waals surface area (Å²) in [5.41, 5.74) is 0. The van der Waals surface area contributed by atoms with Crippen molar-refractivity contribution in [3.63, 3.8) is 0 Å². The highest BCUT2D eigenvalue weighted by atomic mass is 32.1. The summed E-state index contributed by atoms with van der Waals surface area (Å²) in [6.45, 7) is 0. The molecule has 3 N–H and O–H groups in total. The van der Waals surface area contributed by atoms with Gasteiger partial charge in [0.1, 0.15) is 0 Å². The average Bonchev–Trinajstić information content (AvgIpc) is 1.69. The Balaban J connectivity index is 0. The van der Waals surface area contributed by atoms with Crippen molar-refractivity contribution in [2.75, 3.05) is 0 Å². The van der Waals surface area contributed by atoms with Gasteiger partial charge in [-0.25, -0.2) is 0 Å². The first-order chi connectivity index (χ1) is 3.39. The van der Waals surface area contributed by atoms with Gasteiger partial charge in [-0.3, -0.25) is 0 Å². The lowest BCUT2D eigenvalue weighted by Crippen LogP contribution is -2.22. The molecule has 0 saturated heterocycles. The van der Waals surface area contributed by atoms with Gasteiger partial charge >= 0.3 is 0 Å². The van der Waals surface area contributed by atoms with Gasteiger partial charge < -0.3 is 11.4 Å². The largest absolute Gasteiger partial charge is 0.619 e. The van der Waals surface area contributed by atoms with E-state index in [0.717, 1.165) is 4.73 Å². The molecule has 0 bridgehead atoms. The van der Waals surface area contributed by atoms with Crippen molar-refractivity contribution in [2.24, 2.45) is 0 Å². The highest BCUT2D eigenvalue weighted by Crippen LogP contribution is 1.72. The Morgan fingerprint density at radius 2 is 1.44 bits per heavy atom. The molecule has 3 nitrogen and oxygen atoms in total. The highest BCUT2D eigenvalue weighted by molar-refractivity contribution is 7.59.